The van der Waals surface area contributed by atoms with Crippen molar-refractivity contribution >= 4 is 46.2 Å². The number of para-hydroxylation sites is 1. The van der Waals surface area contributed by atoms with E-state index in [1.165, 1.54) is 31.2 Å². The van der Waals surface area contributed by atoms with Crippen molar-refractivity contribution in [2.24, 2.45) is 10.7 Å². The van der Waals surface area contributed by atoms with Crippen LogP contribution in [0, 0.1) is 0 Å². The summed E-state index contributed by atoms with van der Waals surface area (Å²) in [7, 11) is 0. The van der Waals surface area contributed by atoms with Gasteiger partial charge in [-0.2, -0.15) is 13.2 Å². The fraction of sp³-hybridized carbons (Fsp3) is 0.0800. The van der Waals surface area contributed by atoms with E-state index in [1.54, 1.807) is 48.5 Å². The summed E-state index contributed by atoms with van der Waals surface area (Å²) in [6, 6.07) is 18.8. The van der Waals surface area contributed by atoms with Gasteiger partial charge in [-0.25, -0.2) is 4.99 Å². The van der Waals surface area contributed by atoms with Crippen molar-refractivity contribution in [1.82, 2.24) is 0 Å². The van der Waals surface area contributed by atoms with Crippen LogP contribution in [-0.4, -0.2) is 23.7 Å². The fourth-order valence-corrected chi connectivity index (χ4v) is 3.13. The Morgan fingerprint density at radius 3 is 2.11 bits per heavy atom. The molecule has 6 nitrogen and oxygen atoms in total. The Labute approximate surface area is 204 Å². The van der Waals surface area contributed by atoms with Crippen LogP contribution >= 0.6 is 11.6 Å². The quantitative estimate of drug-likeness (QED) is 0.358. The first-order chi connectivity index (χ1) is 16.5. The molecular formula is C25H20ClF3N4O2. The van der Waals surface area contributed by atoms with Crippen LogP contribution in [0.5, 0.6) is 0 Å². The third-order valence-electron chi connectivity index (χ3n) is 4.60. The summed E-state index contributed by atoms with van der Waals surface area (Å²) in [6.45, 7) is 1.37. The number of carbonyl (C=O) groups excluding carboxylic acids is 2. The summed E-state index contributed by atoms with van der Waals surface area (Å²) in [5, 5.41) is 5.57. The number of aliphatic imine (C=N–C) groups is 1. The van der Waals surface area contributed by atoms with Gasteiger partial charge in [0.25, 0.3) is 5.91 Å². The number of nitrogens with two attached hydrogens (primary N) is 1. The first-order valence-electron chi connectivity index (χ1n) is 10.2. The maximum Gasteiger partial charge on any atom is 0.430 e. The second-order valence-electron chi connectivity index (χ2n) is 7.34. The third kappa shape index (κ3) is 7.18. The predicted octanol–water partition coefficient (Wildman–Crippen LogP) is 6.08. The molecule has 0 aliphatic heterocycles. The normalized spacial score (nSPS) is 12.3. The Morgan fingerprint density at radius 2 is 1.51 bits per heavy atom. The van der Waals surface area contributed by atoms with E-state index in [9.17, 15) is 22.8 Å². The fourth-order valence-electron chi connectivity index (χ4n) is 2.96. The molecule has 0 aliphatic rings. The highest BCUT2D eigenvalue weighted by atomic mass is 35.5. The van der Waals surface area contributed by atoms with Crippen LogP contribution in [0.15, 0.2) is 89.6 Å². The largest absolute Gasteiger partial charge is 0.430 e. The maximum absolute atomic E-state index is 13.1. The molecule has 0 radical (unpaired) electrons. The van der Waals surface area contributed by atoms with E-state index in [0.717, 1.165) is 0 Å². The molecule has 35 heavy (non-hydrogen) atoms. The molecule has 2 amide bonds. The van der Waals surface area contributed by atoms with E-state index >= 15 is 0 Å². The molecule has 3 aromatic rings. The minimum atomic E-state index is -4.74. The van der Waals surface area contributed by atoms with Gasteiger partial charge in [-0.1, -0.05) is 41.9 Å². The molecule has 0 heterocycles. The number of amides is 2. The van der Waals surface area contributed by atoms with Gasteiger partial charge in [0.2, 0.25) is 5.91 Å². The summed E-state index contributed by atoms with van der Waals surface area (Å²) in [5.41, 5.74) is 5.58. The molecule has 0 bridgehead atoms. The minimum Gasteiger partial charge on any atom is -0.395 e. The molecule has 10 heteroatoms. The number of allylic oxidation sites excluding steroid dienone is 2. The summed E-state index contributed by atoms with van der Waals surface area (Å²) in [4.78, 5) is 28.1. The zero-order chi connectivity index (χ0) is 25.6. The molecule has 3 rings (SSSR count). The van der Waals surface area contributed by atoms with Crippen molar-refractivity contribution < 1.29 is 22.8 Å². The van der Waals surface area contributed by atoms with Crippen LogP contribution in [0.3, 0.4) is 0 Å². The van der Waals surface area contributed by atoms with Crippen molar-refractivity contribution in [3.05, 3.63) is 101 Å². The summed E-state index contributed by atoms with van der Waals surface area (Å²) in [6.07, 6.45) is -4.03. The zero-order valence-electron chi connectivity index (χ0n) is 18.4. The van der Waals surface area contributed by atoms with Crippen LogP contribution < -0.4 is 16.4 Å². The standard InChI is InChI=1S/C25H20ClF3N4O2/c1-15(34)31-18-5-4-6-19(13-18)32-24(35)17-11-9-16(10-12-17)22(14-23(30)25(27,28)29)33-21-8-3-2-7-20(21)26/h2-14H,30H2,1H3,(H,31,34)(H,32,35). The number of nitrogens with zero attached hydrogens (tertiary/aromatic N) is 1. The number of nitrogens with one attached hydrogen (secondary N) is 2. The molecule has 0 saturated carbocycles. The first-order valence-corrected chi connectivity index (χ1v) is 10.6. The van der Waals surface area contributed by atoms with E-state index in [0.29, 0.717) is 23.0 Å². The maximum atomic E-state index is 13.1. The minimum absolute atomic E-state index is 0.0807. The van der Waals surface area contributed by atoms with Gasteiger partial charge in [-0.05, 0) is 48.5 Å². The smallest absolute Gasteiger partial charge is 0.395 e. The van der Waals surface area contributed by atoms with Crippen molar-refractivity contribution in [3.63, 3.8) is 0 Å². The number of halogens is 4. The topological polar surface area (TPSA) is 96.6 Å². The third-order valence-corrected chi connectivity index (χ3v) is 4.92. The Hall–Kier alpha value is -4.11. The van der Waals surface area contributed by atoms with E-state index in [-0.39, 0.29) is 27.9 Å². The molecule has 0 atom stereocenters. The molecule has 180 valence electrons. The van der Waals surface area contributed by atoms with E-state index < -0.39 is 17.8 Å². The van der Waals surface area contributed by atoms with Gasteiger partial charge in [0.05, 0.1) is 16.4 Å². The monoisotopic (exact) mass is 500 g/mol. The lowest BCUT2D eigenvalue weighted by molar-refractivity contribution is -0.114. The Bertz CT molecular complexity index is 1300. The zero-order valence-corrected chi connectivity index (χ0v) is 19.1. The van der Waals surface area contributed by atoms with Crippen molar-refractivity contribution in [2.75, 3.05) is 10.6 Å². The lowest BCUT2D eigenvalue weighted by Crippen LogP contribution is -2.21. The van der Waals surface area contributed by atoms with Gasteiger partial charge >= 0.3 is 6.18 Å². The highest BCUT2D eigenvalue weighted by molar-refractivity contribution is 6.33. The summed E-state index contributed by atoms with van der Waals surface area (Å²) < 4.78 is 39.2. The van der Waals surface area contributed by atoms with E-state index in [1.807, 2.05) is 0 Å². The number of hydrogen-bond donors (Lipinski definition) is 3. The predicted molar refractivity (Wildman–Crippen MR) is 131 cm³/mol. The lowest BCUT2D eigenvalue weighted by atomic mass is 10.1. The van der Waals surface area contributed by atoms with E-state index in [4.69, 9.17) is 17.3 Å². The number of benzene rings is 3. The van der Waals surface area contributed by atoms with Gasteiger partial charge in [0.1, 0.15) is 5.70 Å². The second kappa shape index (κ2) is 10.9. The Balaban J connectivity index is 1.89. The number of hydrogen-bond acceptors (Lipinski definition) is 4. The number of anilines is 2. The van der Waals surface area contributed by atoms with E-state index in [2.05, 4.69) is 15.6 Å². The van der Waals surface area contributed by atoms with Gasteiger partial charge in [0, 0.05) is 29.4 Å². The lowest BCUT2D eigenvalue weighted by Gasteiger charge is -2.10. The molecule has 0 aliphatic carbocycles. The number of rotatable bonds is 6. The average molecular weight is 501 g/mol. The number of carbonyl (C=O) groups is 2. The molecule has 4 N–H and O–H groups in total. The molecule has 0 unspecified atom stereocenters. The van der Waals surface area contributed by atoms with Gasteiger partial charge in [-0.15, -0.1) is 0 Å². The van der Waals surface area contributed by atoms with Crippen LogP contribution in [0.2, 0.25) is 5.02 Å². The molecule has 0 fully saturated rings. The number of alkyl halides is 3. The molecular weight excluding hydrogens is 481 g/mol. The summed E-state index contributed by atoms with van der Waals surface area (Å²) >= 11 is 6.11. The highest BCUT2D eigenvalue weighted by Crippen LogP contribution is 2.27. The van der Waals surface area contributed by atoms with Crippen LogP contribution in [0.1, 0.15) is 22.8 Å². The van der Waals surface area contributed by atoms with Gasteiger partial charge in [0.15, 0.2) is 0 Å². The second-order valence-corrected chi connectivity index (χ2v) is 7.75. The Morgan fingerprint density at radius 1 is 0.914 bits per heavy atom. The Kier molecular flexibility index (Phi) is 7.93. The molecule has 0 aromatic heterocycles. The first kappa shape index (κ1) is 25.5. The van der Waals surface area contributed by atoms with Crippen LogP contribution in [-0.2, 0) is 4.79 Å². The van der Waals surface area contributed by atoms with Crippen LogP contribution in [0.4, 0.5) is 30.2 Å². The summed E-state index contributed by atoms with van der Waals surface area (Å²) in [5.74, 6) is -0.704. The molecule has 3 aromatic carbocycles. The highest BCUT2D eigenvalue weighted by Gasteiger charge is 2.31. The molecule has 0 saturated heterocycles. The van der Waals surface area contributed by atoms with Crippen molar-refractivity contribution in [3.8, 4) is 0 Å². The average Bonchev–Trinajstić information content (AvgIpc) is 2.79. The van der Waals surface area contributed by atoms with Gasteiger partial charge in [-0.3, -0.25) is 9.59 Å². The SMILES string of the molecule is CC(=O)Nc1cccc(NC(=O)c2ccc(C(C=C(N)C(F)(F)F)=Nc3ccccc3Cl)cc2)c1. The van der Waals surface area contributed by atoms with Crippen molar-refractivity contribution in [2.45, 2.75) is 13.1 Å². The van der Waals surface area contributed by atoms with Gasteiger partial charge < -0.3 is 16.4 Å². The molecule has 0 spiro atoms. The van der Waals surface area contributed by atoms with Crippen LogP contribution in [0.25, 0.3) is 0 Å². The van der Waals surface area contributed by atoms with Crippen molar-refractivity contribution in [1.29, 1.82) is 0 Å².